The quantitative estimate of drug-likeness (QED) is 0.807. The molecule has 0 saturated heterocycles. The summed E-state index contributed by atoms with van der Waals surface area (Å²) in [6.45, 7) is 1.28. The Labute approximate surface area is 124 Å². The van der Waals surface area contributed by atoms with Gasteiger partial charge in [-0.1, -0.05) is 6.07 Å². The third-order valence-electron chi connectivity index (χ3n) is 3.07. The number of benzene rings is 1. The Morgan fingerprint density at radius 2 is 1.73 bits per heavy atom. The van der Waals surface area contributed by atoms with Gasteiger partial charge < -0.3 is 11.1 Å². The molecule has 0 radical (unpaired) electrons. The zero-order valence-corrected chi connectivity index (χ0v) is 12.0. The highest BCUT2D eigenvalue weighted by atomic mass is 19.4. The minimum Gasteiger partial charge on any atom is -0.366 e. The van der Waals surface area contributed by atoms with Crippen LogP contribution in [0.2, 0.25) is 0 Å². The zero-order valence-electron chi connectivity index (χ0n) is 12.0. The van der Waals surface area contributed by atoms with E-state index in [1.165, 1.54) is 26.0 Å². The molecule has 0 bridgehead atoms. The summed E-state index contributed by atoms with van der Waals surface area (Å²) >= 11 is 0. The van der Waals surface area contributed by atoms with Gasteiger partial charge in [-0.3, -0.25) is 14.4 Å². The second-order valence-electron chi connectivity index (χ2n) is 4.75. The van der Waals surface area contributed by atoms with Gasteiger partial charge in [0.25, 0.3) is 0 Å². The summed E-state index contributed by atoms with van der Waals surface area (Å²) in [5.41, 5.74) is 5.97. The molecule has 3 N–H and O–H groups in total. The van der Waals surface area contributed by atoms with Crippen LogP contribution in [-0.4, -0.2) is 30.3 Å². The molecule has 0 spiro atoms. The minimum atomic E-state index is -4.52. The number of hydrogen-bond donors (Lipinski definition) is 2. The van der Waals surface area contributed by atoms with Gasteiger partial charge in [-0.25, -0.2) is 0 Å². The summed E-state index contributed by atoms with van der Waals surface area (Å²) in [7, 11) is 0. The number of carbonyl (C=O) groups excluding carboxylic acids is 3. The fourth-order valence-corrected chi connectivity index (χ4v) is 2.00. The Hall–Kier alpha value is -2.38. The lowest BCUT2D eigenvalue weighted by Crippen LogP contribution is -2.35. The molecule has 0 atom stereocenters. The number of hydrogen-bond acceptors (Lipinski definition) is 3. The molecule has 1 aromatic rings. The Kier molecular flexibility index (Phi) is 5.29. The van der Waals surface area contributed by atoms with E-state index in [2.05, 4.69) is 0 Å². The van der Waals surface area contributed by atoms with Gasteiger partial charge in [-0.05, 0) is 31.0 Å². The molecule has 0 aliphatic rings. The van der Waals surface area contributed by atoms with Crippen LogP contribution < -0.4 is 11.1 Å². The molecule has 5 nitrogen and oxygen atoms in total. The second-order valence-corrected chi connectivity index (χ2v) is 4.75. The summed E-state index contributed by atoms with van der Waals surface area (Å²) < 4.78 is 36.2. The molecule has 120 valence electrons. The average molecular weight is 316 g/mol. The van der Waals surface area contributed by atoms with Crippen LogP contribution in [0.5, 0.6) is 0 Å². The maximum Gasteiger partial charge on any atom is 0.405 e. The monoisotopic (exact) mass is 316 g/mol. The van der Waals surface area contributed by atoms with Crippen LogP contribution in [0.1, 0.15) is 38.8 Å². The molecule has 0 saturated carbocycles. The van der Waals surface area contributed by atoms with E-state index < -0.39 is 31.0 Å². The fourth-order valence-electron chi connectivity index (χ4n) is 2.00. The third-order valence-corrected chi connectivity index (χ3v) is 3.07. The normalized spacial score (nSPS) is 11.1. The summed E-state index contributed by atoms with van der Waals surface area (Å²) in [4.78, 5) is 34.5. The number of alkyl halides is 3. The SMILES string of the molecule is CC(=O)c1ccc(C(N)=O)c(C)c1CC(=O)NCC(F)(F)F. The number of carbonyl (C=O) groups is 3. The van der Waals surface area contributed by atoms with Crippen molar-refractivity contribution in [3.8, 4) is 0 Å². The lowest BCUT2D eigenvalue weighted by molar-refractivity contribution is -0.138. The third kappa shape index (κ3) is 4.57. The van der Waals surface area contributed by atoms with Crippen LogP contribution in [0.3, 0.4) is 0 Å². The van der Waals surface area contributed by atoms with Crippen molar-refractivity contribution in [2.45, 2.75) is 26.4 Å². The average Bonchev–Trinajstić information content (AvgIpc) is 2.37. The highest BCUT2D eigenvalue weighted by Crippen LogP contribution is 2.20. The van der Waals surface area contributed by atoms with Gasteiger partial charge in [0.2, 0.25) is 11.8 Å². The first kappa shape index (κ1) is 17.7. The van der Waals surface area contributed by atoms with Crippen LogP contribution in [0.15, 0.2) is 12.1 Å². The van der Waals surface area contributed by atoms with Crippen molar-refractivity contribution in [3.05, 3.63) is 34.4 Å². The fraction of sp³-hybridized carbons (Fsp3) is 0.357. The molecular formula is C14H15F3N2O3. The van der Waals surface area contributed by atoms with Gasteiger partial charge in [-0.2, -0.15) is 13.2 Å². The van der Waals surface area contributed by atoms with E-state index in [1.807, 2.05) is 0 Å². The van der Waals surface area contributed by atoms with Crippen molar-refractivity contribution in [2.75, 3.05) is 6.54 Å². The first-order valence-electron chi connectivity index (χ1n) is 6.29. The first-order valence-corrected chi connectivity index (χ1v) is 6.29. The Morgan fingerprint density at radius 3 is 2.18 bits per heavy atom. The van der Waals surface area contributed by atoms with E-state index in [1.54, 1.807) is 5.32 Å². The highest BCUT2D eigenvalue weighted by Gasteiger charge is 2.28. The molecule has 0 aromatic heterocycles. The summed E-state index contributed by atoms with van der Waals surface area (Å²) in [6, 6.07) is 2.69. The molecule has 0 heterocycles. The van der Waals surface area contributed by atoms with Gasteiger partial charge in [0.05, 0.1) is 6.42 Å². The molecule has 8 heteroatoms. The van der Waals surface area contributed by atoms with Crippen LogP contribution in [0, 0.1) is 6.92 Å². The van der Waals surface area contributed by atoms with Crippen molar-refractivity contribution >= 4 is 17.6 Å². The van der Waals surface area contributed by atoms with Crippen molar-refractivity contribution in [3.63, 3.8) is 0 Å². The maximum absolute atomic E-state index is 12.1. The van der Waals surface area contributed by atoms with Gasteiger partial charge in [0, 0.05) is 11.1 Å². The smallest absolute Gasteiger partial charge is 0.366 e. The topological polar surface area (TPSA) is 89.3 Å². The first-order chi connectivity index (χ1) is 10.0. The van der Waals surface area contributed by atoms with Crippen LogP contribution in [0.4, 0.5) is 13.2 Å². The molecule has 1 rings (SSSR count). The van der Waals surface area contributed by atoms with E-state index in [-0.39, 0.29) is 22.5 Å². The molecular weight excluding hydrogens is 301 g/mol. The van der Waals surface area contributed by atoms with Gasteiger partial charge in [0.1, 0.15) is 6.54 Å². The number of nitrogens with two attached hydrogens (primary N) is 1. The summed E-state index contributed by atoms with van der Waals surface area (Å²) in [5, 5.41) is 1.72. The van der Waals surface area contributed by atoms with Crippen LogP contribution in [0.25, 0.3) is 0 Å². The second kappa shape index (κ2) is 6.59. The van der Waals surface area contributed by atoms with E-state index in [0.29, 0.717) is 5.56 Å². The summed E-state index contributed by atoms with van der Waals surface area (Å²) in [5.74, 6) is -2.01. The molecule has 22 heavy (non-hydrogen) atoms. The molecule has 2 amide bonds. The van der Waals surface area contributed by atoms with E-state index in [9.17, 15) is 27.6 Å². The number of primary amides is 1. The number of halogens is 3. The standard InChI is InChI=1S/C14H15F3N2O3/c1-7-9(13(18)22)3-4-10(8(2)20)11(7)5-12(21)19-6-14(15,16)17/h3-4H,5-6H2,1-2H3,(H2,18,22)(H,19,21). The minimum absolute atomic E-state index is 0.114. The number of Topliss-reactive ketones (excluding diaryl/α,β-unsaturated/α-hetero) is 1. The highest BCUT2D eigenvalue weighted by molar-refractivity contribution is 6.01. The van der Waals surface area contributed by atoms with E-state index in [4.69, 9.17) is 5.73 Å². The Balaban J connectivity index is 3.10. The lowest BCUT2D eigenvalue weighted by Gasteiger charge is -2.14. The predicted molar refractivity (Wildman–Crippen MR) is 72.5 cm³/mol. The van der Waals surface area contributed by atoms with E-state index >= 15 is 0 Å². The van der Waals surface area contributed by atoms with Crippen molar-refractivity contribution < 1.29 is 27.6 Å². The zero-order chi connectivity index (χ0) is 17.1. The number of nitrogens with one attached hydrogen (secondary N) is 1. The summed E-state index contributed by atoms with van der Waals surface area (Å²) in [6.07, 6.45) is -4.97. The van der Waals surface area contributed by atoms with Crippen molar-refractivity contribution in [1.82, 2.24) is 5.32 Å². The van der Waals surface area contributed by atoms with Crippen molar-refractivity contribution in [2.24, 2.45) is 5.73 Å². The molecule has 1 aromatic carbocycles. The predicted octanol–water partition coefficient (Wildman–Crippen LogP) is 1.52. The van der Waals surface area contributed by atoms with Gasteiger partial charge in [0.15, 0.2) is 5.78 Å². The maximum atomic E-state index is 12.1. The largest absolute Gasteiger partial charge is 0.405 e. The molecule has 0 fully saturated rings. The number of ketones is 1. The van der Waals surface area contributed by atoms with Crippen molar-refractivity contribution in [1.29, 1.82) is 0 Å². The number of amides is 2. The molecule has 0 unspecified atom stereocenters. The van der Waals surface area contributed by atoms with E-state index in [0.717, 1.165) is 0 Å². The van der Waals surface area contributed by atoms with Gasteiger partial charge >= 0.3 is 6.18 Å². The van der Waals surface area contributed by atoms with Crippen LogP contribution >= 0.6 is 0 Å². The molecule has 0 aliphatic carbocycles. The van der Waals surface area contributed by atoms with Crippen LogP contribution in [-0.2, 0) is 11.2 Å². The Bertz CT molecular complexity index is 624. The Morgan fingerprint density at radius 1 is 1.18 bits per heavy atom. The molecule has 0 aliphatic heterocycles. The lowest BCUT2D eigenvalue weighted by atomic mass is 9.92. The number of rotatable bonds is 5. The van der Waals surface area contributed by atoms with Gasteiger partial charge in [-0.15, -0.1) is 0 Å².